The molecule has 0 saturated carbocycles. The highest BCUT2D eigenvalue weighted by Gasteiger charge is 2.30. The Bertz CT molecular complexity index is 1190. The number of hydrogen-bond donors (Lipinski definition) is 3. The predicted molar refractivity (Wildman–Crippen MR) is 108 cm³/mol. The van der Waals surface area contributed by atoms with E-state index in [-0.39, 0.29) is 16.5 Å². The Labute approximate surface area is 175 Å². The molecule has 0 saturated heterocycles. The number of carbonyl (C=O) groups excluding carboxylic acids is 1. The van der Waals surface area contributed by atoms with Crippen LogP contribution < -0.4 is 14.8 Å². The summed E-state index contributed by atoms with van der Waals surface area (Å²) in [6.45, 7) is 0. The van der Waals surface area contributed by atoms with E-state index in [1.807, 2.05) is 0 Å². The highest BCUT2D eigenvalue weighted by molar-refractivity contribution is 7.92. The molecule has 0 aliphatic heterocycles. The minimum absolute atomic E-state index is 0.0513. The molecule has 3 aromatic rings. The lowest BCUT2D eigenvalue weighted by Crippen LogP contribution is -2.15. The first kappa shape index (κ1) is 21.1. The van der Waals surface area contributed by atoms with Crippen LogP contribution in [0.4, 0.5) is 17.1 Å². The molecule has 1 aromatic heterocycles. The van der Waals surface area contributed by atoms with Crippen molar-refractivity contribution in [3.8, 4) is 5.88 Å². The van der Waals surface area contributed by atoms with Crippen molar-refractivity contribution in [3.05, 3.63) is 69.4 Å². The molecule has 0 aliphatic rings. The second kappa shape index (κ2) is 8.39. The molecule has 1 heterocycles. The zero-order valence-corrected chi connectivity index (χ0v) is 16.8. The fourth-order valence-electron chi connectivity index (χ4n) is 2.43. The number of amides is 1. The summed E-state index contributed by atoms with van der Waals surface area (Å²) in [7, 11) is -2.69. The molecule has 156 valence electrons. The van der Waals surface area contributed by atoms with Crippen LogP contribution in [-0.4, -0.2) is 36.6 Å². The Morgan fingerprint density at radius 3 is 2.30 bits per heavy atom. The molecule has 0 radical (unpaired) electrons. The number of hydrogen-bond acceptors (Lipinski definition) is 7. The van der Waals surface area contributed by atoms with Gasteiger partial charge in [0.2, 0.25) is 5.69 Å². The lowest BCUT2D eigenvalue weighted by atomic mass is 10.3. The molecular weight excluding hydrogens is 438 g/mol. The number of nitro groups is 1. The Hall–Kier alpha value is -3.64. The highest BCUT2D eigenvalue weighted by Crippen LogP contribution is 2.28. The van der Waals surface area contributed by atoms with Gasteiger partial charge in [0.15, 0.2) is 0 Å². The summed E-state index contributed by atoms with van der Waals surface area (Å²) < 4.78 is 32.1. The van der Waals surface area contributed by atoms with Gasteiger partial charge in [0.1, 0.15) is 0 Å². The SMILES string of the molecule is COc1n[nH]c(C(=O)Nc2ccc(S(=O)(=O)Nc3ccc(Cl)cc3)cc2)c1[N+](=O)[O-]. The van der Waals surface area contributed by atoms with Gasteiger partial charge in [-0.1, -0.05) is 11.6 Å². The van der Waals surface area contributed by atoms with Crippen LogP contribution in [0.25, 0.3) is 0 Å². The second-order valence-electron chi connectivity index (χ2n) is 5.80. The van der Waals surface area contributed by atoms with E-state index in [9.17, 15) is 23.3 Å². The highest BCUT2D eigenvalue weighted by atomic mass is 35.5. The van der Waals surface area contributed by atoms with E-state index >= 15 is 0 Å². The molecule has 0 bridgehead atoms. The Balaban J connectivity index is 1.76. The van der Waals surface area contributed by atoms with Crippen molar-refractivity contribution < 1.29 is 22.9 Å². The fourth-order valence-corrected chi connectivity index (χ4v) is 3.62. The summed E-state index contributed by atoms with van der Waals surface area (Å²) >= 11 is 5.78. The maximum Gasteiger partial charge on any atom is 0.362 e. The molecule has 30 heavy (non-hydrogen) atoms. The monoisotopic (exact) mass is 451 g/mol. The number of benzene rings is 2. The summed E-state index contributed by atoms with van der Waals surface area (Å²) in [4.78, 5) is 22.6. The van der Waals surface area contributed by atoms with Crippen molar-refractivity contribution in [2.75, 3.05) is 17.1 Å². The average Bonchev–Trinajstić information content (AvgIpc) is 3.15. The molecule has 11 nitrogen and oxygen atoms in total. The molecule has 2 aromatic carbocycles. The predicted octanol–water partition coefficient (Wildman–Crippen LogP) is 3.03. The van der Waals surface area contributed by atoms with Gasteiger partial charge in [0, 0.05) is 16.4 Å². The lowest BCUT2D eigenvalue weighted by Gasteiger charge is -2.09. The first-order chi connectivity index (χ1) is 14.2. The third-order valence-corrected chi connectivity index (χ3v) is 5.48. The number of aromatic nitrogens is 2. The minimum Gasteiger partial charge on any atom is -0.475 e. The Morgan fingerprint density at radius 2 is 1.73 bits per heavy atom. The van der Waals surface area contributed by atoms with E-state index in [0.717, 1.165) is 0 Å². The quantitative estimate of drug-likeness (QED) is 0.368. The summed E-state index contributed by atoms with van der Waals surface area (Å²) in [5.41, 5.74) is -0.468. The van der Waals surface area contributed by atoms with E-state index in [2.05, 4.69) is 20.2 Å². The first-order valence-electron chi connectivity index (χ1n) is 8.18. The van der Waals surface area contributed by atoms with Gasteiger partial charge in [0.25, 0.3) is 15.9 Å². The van der Waals surface area contributed by atoms with Gasteiger partial charge in [-0.25, -0.2) is 8.42 Å². The van der Waals surface area contributed by atoms with Crippen molar-refractivity contribution in [2.45, 2.75) is 4.90 Å². The van der Waals surface area contributed by atoms with Gasteiger partial charge in [0.05, 0.1) is 16.9 Å². The summed E-state index contributed by atoms with van der Waals surface area (Å²) in [5.74, 6) is -1.17. The number of nitrogens with one attached hydrogen (secondary N) is 3. The number of sulfonamides is 1. The normalized spacial score (nSPS) is 11.0. The molecule has 3 N–H and O–H groups in total. The van der Waals surface area contributed by atoms with Crippen molar-refractivity contribution in [2.24, 2.45) is 0 Å². The number of H-pyrrole nitrogens is 1. The van der Waals surface area contributed by atoms with Crippen LogP contribution in [0.2, 0.25) is 5.02 Å². The van der Waals surface area contributed by atoms with Gasteiger partial charge in [-0.2, -0.15) is 0 Å². The Kier molecular flexibility index (Phi) is 5.89. The molecular formula is C17H14ClN5O6S. The second-order valence-corrected chi connectivity index (χ2v) is 7.92. The van der Waals surface area contributed by atoms with Gasteiger partial charge < -0.3 is 10.1 Å². The molecule has 13 heteroatoms. The number of halogens is 1. The van der Waals surface area contributed by atoms with E-state index in [0.29, 0.717) is 10.7 Å². The molecule has 0 atom stereocenters. The number of carbonyl (C=O) groups is 1. The third-order valence-electron chi connectivity index (χ3n) is 3.83. The topological polar surface area (TPSA) is 156 Å². The van der Waals surface area contributed by atoms with Crippen molar-refractivity contribution in [3.63, 3.8) is 0 Å². The van der Waals surface area contributed by atoms with Crippen LogP contribution in [0, 0.1) is 10.1 Å². The van der Waals surface area contributed by atoms with Gasteiger partial charge in [-0.05, 0) is 48.5 Å². The standard InChI is InChI=1S/C17H14ClN5O6S/c1-29-17-15(23(25)26)14(20-21-17)16(24)19-11-6-8-13(9-7-11)30(27,28)22-12-4-2-10(18)3-5-12/h2-9,22H,1H3,(H,19,24)(H,20,21). The summed E-state index contributed by atoms with van der Waals surface area (Å²) in [6.07, 6.45) is 0. The molecule has 0 spiro atoms. The first-order valence-corrected chi connectivity index (χ1v) is 10.0. The van der Waals surface area contributed by atoms with Crippen molar-refractivity contribution >= 4 is 44.6 Å². The number of ether oxygens (including phenoxy) is 1. The smallest absolute Gasteiger partial charge is 0.362 e. The Morgan fingerprint density at radius 1 is 1.13 bits per heavy atom. The molecule has 3 rings (SSSR count). The maximum absolute atomic E-state index is 12.5. The van der Waals surface area contributed by atoms with Crippen LogP contribution in [0.3, 0.4) is 0 Å². The third kappa shape index (κ3) is 4.50. The maximum atomic E-state index is 12.5. The van der Waals surface area contributed by atoms with Crippen LogP contribution >= 0.6 is 11.6 Å². The fraction of sp³-hybridized carbons (Fsp3) is 0.0588. The van der Waals surface area contributed by atoms with Crippen LogP contribution in [-0.2, 0) is 10.0 Å². The van der Waals surface area contributed by atoms with Crippen LogP contribution in [0.1, 0.15) is 10.5 Å². The number of methoxy groups -OCH3 is 1. The minimum atomic E-state index is -3.87. The molecule has 1 amide bonds. The number of nitrogens with zero attached hydrogens (tertiary/aromatic N) is 2. The lowest BCUT2D eigenvalue weighted by molar-refractivity contribution is -0.386. The molecule has 0 fully saturated rings. The van der Waals surface area contributed by atoms with E-state index in [1.165, 1.54) is 43.5 Å². The van der Waals surface area contributed by atoms with Crippen LogP contribution in [0.5, 0.6) is 5.88 Å². The van der Waals surface area contributed by atoms with E-state index < -0.39 is 32.2 Å². The summed E-state index contributed by atoms with van der Waals surface area (Å²) in [6, 6.07) is 11.3. The zero-order chi connectivity index (χ0) is 21.9. The van der Waals surface area contributed by atoms with Gasteiger partial charge in [-0.3, -0.25) is 24.7 Å². The van der Waals surface area contributed by atoms with Crippen LogP contribution in [0.15, 0.2) is 53.4 Å². The number of rotatable bonds is 7. The van der Waals surface area contributed by atoms with E-state index in [1.54, 1.807) is 12.1 Å². The average molecular weight is 452 g/mol. The zero-order valence-electron chi connectivity index (χ0n) is 15.2. The van der Waals surface area contributed by atoms with Crippen molar-refractivity contribution in [1.29, 1.82) is 0 Å². The van der Waals surface area contributed by atoms with Gasteiger partial charge >= 0.3 is 11.6 Å². The molecule has 0 unspecified atom stereocenters. The number of anilines is 2. The van der Waals surface area contributed by atoms with E-state index in [4.69, 9.17) is 16.3 Å². The summed E-state index contributed by atoms with van der Waals surface area (Å²) in [5, 5.41) is 19.9. The molecule has 0 aliphatic carbocycles. The largest absolute Gasteiger partial charge is 0.475 e. The van der Waals surface area contributed by atoms with Gasteiger partial charge in [-0.15, -0.1) is 5.10 Å². The number of aromatic amines is 1. The van der Waals surface area contributed by atoms with Crippen molar-refractivity contribution in [1.82, 2.24) is 10.2 Å².